The van der Waals surface area contributed by atoms with Crippen LogP contribution in [0.25, 0.3) is 31.9 Å². The van der Waals surface area contributed by atoms with E-state index in [4.69, 9.17) is 28.1 Å². The van der Waals surface area contributed by atoms with Gasteiger partial charge in [0.2, 0.25) is 17.7 Å². The molecule has 2 aromatic heterocycles. The van der Waals surface area contributed by atoms with Gasteiger partial charge in [0.05, 0.1) is 55.8 Å². The highest BCUT2D eigenvalue weighted by Crippen LogP contribution is 2.47. The van der Waals surface area contributed by atoms with Crippen LogP contribution < -0.4 is 20.1 Å². The Balaban J connectivity index is 0.780. The van der Waals surface area contributed by atoms with Crippen LogP contribution in [0.5, 0.6) is 23.0 Å². The number of phenols is 1. The third-order valence-electron chi connectivity index (χ3n) is 11.3. The molecule has 4 atom stereocenters. The lowest BCUT2D eigenvalue weighted by molar-refractivity contribution is -0.144. The number of likely N-dealkylation sites (tertiary alicyclic amines) is 1. The van der Waals surface area contributed by atoms with Crippen molar-refractivity contribution >= 4 is 55.1 Å². The molecule has 1 saturated heterocycles. The standard InChI is InChI=1S/C51H57BrN4O11S/c1-31(33-6-8-34(9-7-33)45-32(2)53-30-66-45)54-49(60)42-26-38(58)28-56(42)50(61)48(51(3,4)5)55-44(59)29-64-23-22-62-20-21-63-24-25-65-39-15-17-40(18-16-39)67-46-41-19-14-37(57)27-43(41)68-47(46)35-10-12-36(52)13-11-35/h6-19,27,30-31,38,42,48,57-58H,20-26,28-29H2,1-5H3,(H,54,60)(H,55,59)/t31-,38+,42-,48+/m0/s1. The predicted octanol–water partition coefficient (Wildman–Crippen LogP) is 8.59. The molecule has 1 aliphatic heterocycles. The second-order valence-electron chi connectivity index (χ2n) is 17.5. The summed E-state index contributed by atoms with van der Waals surface area (Å²) in [5.41, 5.74) is 2.78. The van der Waals surface area contributed by atoms with Gasteiger partial charge in [-0.05, 0) is 85.0 Å². The van der Waals surface area contributed by atoms with E-state index in [1.54, 1.807) is 23.5 Å². The van der Waals surface area contributed by atoms with Gasteiger partial charge in [0.25, 0.3) is 0 Å². The van der Waals surface area contributed by atoms with Crippen molar-refractivity contribution < 1.29 is 52.7 Å². The summed E-state index contributed by atoms with van der Waals surface area (Å²) in [6, 6.07) is 25.9. The van der Waals surface area contributed by atoms with Crippen molar-refractivity contribution in [1.29, 1.82) is 0 Å². The number of nitrogens with zero attached hydrogens (tertiary/aromatic N) is 2. The minimum absolute atomic E-state index is 0.0354. The van der Waals surface area contributed by atoms with Crippen molar-refractivity contribution in [2.45, 2.75) is 65.3 Å². The molecule has 15 nitrogen and oxygen atoms in total. The molecule has 360 valence electrons. The summed E-state index contributed by atoms with van der Waals surface area (Å²) in [6.07, 6.45) is 0.577. The Morgan fingerprint density at radius 1 is 0.868 bits per heavy atom. The van der Waals surface area contributed by atoms with Crippen LogP contribution in [-0.2, 0) is 28.6 Å². The fourth-order valence-corrected chi connectivity index (χ4v) is 9.15. The number of hydrogen-bond acceptors (Lipinski definition) is 13. The van der Waals surface area contributed by atoms with Gasteiger partial charge >= 0.3 is 0 Å². The van der Waals surface area contributed by atoms with Gasteiger partial charge in [0, 0.05) is 33.1 Å². The Bertz CT molecular complexity index is 2630. The zero-order valence-electron chi connectivity index (χ0n) is 38.7. The fraction of sp³-hybridized carbons (Fsp3) is 0.373. The molecule has 6 aromatic rings. The lowest BCUT2D eigenvalue weighted by atomic mass is 9.85. The Labute approximate surface area is 407 Å². The van der Waals surface area contributed by atoms with Crippen molar-refractivity contribution in [2.24, 2.45) is 5.41 Å². The number of benzene rings is 4. The minimum atomic E-state index is -0.985. The number of aliphatic hydroxyl groups is 1. The molecule has 0 unspecified atom stereocenters. The number of oxazole rings is 1. The molecule has 0 spiro atoms. The topological polar surface area (TPSA) is 191 Å². The molecule has 0 aliphatic carbocycles. The minimum Gasteiger partial charge on any atom is -0.508 e. The van der Waals surface area contributed by atoms with E-state index in [2.05, 4.69) is 31.5 Å². The quantitative estimate of drug-likeness (QED) is 0.0503. The number of aliphatic hydroxyl groups excluding tert-OH is 1. The van der Waals surface area contributed by atoms with Crippen LogP contribution in [0.2, 0.25) is 0 Å². The second kappa shape index (κ2) is 23.0. The second-order valence-corrected chi connectivity index (χ2v) is 19.5. The number of aryl methyl sites for hydroxylation is 1. The summed E-state index contributed by atoms with van der Waals surface area (Å²) >= 11 is 5.06. The van der Waals surface area contributed by atoms with Gasteiger partial charge in [-0.2, -0.15) is 0 Å². The largest absolute Gasteiger partial charge is 0.508 e. The number of carbonyl (C=O) groups excluding carboxylic acids is 3. The average molecular weight is 1010 g/mol. The first-order valence-corrected chi connectivity index (χ1v) is 24.0. The number of aromatic nitrogens is 1. The van der Waals surface area contributed by atoms with Gasteiger partial charge < -0.3 is 53.8 Å². The zero-order valence-corrected chi connectivity index (χ0v) is 41.1. The number of rotatable bonds is 21. The van der Waals surface area contributed by atoms with Crippen LogP contribution in [0.15, 0.2) is 106 Å². The lowest BCUT2D eigenvalue weighted by Gasteiger charge is -2.35. The Kier molecular flexibility index (Phi) is 16.9. The monoisotopic (exact) mass is 1010 g/mol. The number of amides is 3. The van der Waals surface area contributed by atoms with Gasteiger partial charge in [0.15, 0.2) is 17.9 Å². The zero-order chi connectivity index (χ0) is 48.4. The summed E-state index contributed by atoms with van der Waals surface area (Å²) in [4.78, 5) is 47.1. The highest BCUT2D eigenvalue weighted by atomic mass is 79.9. The third-order valence-corrected chi connectivity index (χ3v) is 13.0. The number of fused-ring (bicyclic) bond motifs is 1. The molecule has 0 saturated carbocycles. The number of phenolic OH excluding ortho intramolecular Hbond substituents is 1. The summed E-state index contributed by atoms with van der Waals surface area (Å²) in [5.74, 6) is 1.55. The number of hydrogen-bond donors (Lipinski definition) is 4. The number of β-amino-alcohol motifs (C(OH)–C–C–N with tert-alkyl or cyclic N) is 1. The van der Waals surface area contributed by atoms with Gasteiger partial charge in [-0.1, -0.05) is 73.1 Å². The molecule has 4 aromatic carbocycles. The van der Waals surface area contributed by atoms with Crippen LogP contribution in [0.3, 0.4) is 0 Å². The molecular formula is C51H57BrN4O11S. The maximum atomic E-state index is 14.0. The van der Waals surface area contributed by atoms with Crippen molar-refractivity contribution in [3.05, 3.63) is 113 Å². The number of carbonyl (C=O) groups is 3. The van der Waals surface area contributed by atoms with Crippen molar-refractivity contribution in [3.63, 3.8) is 0 Å². The van der Waals surface area contributed by atoms with E-state index in [1.165, 1.54) is 11.3 Å². The molecule has 1 aliphatic rings. The molecule has 3 amide bonds. The molecule has 0 radical (unpaired) electrons. The first-order chi connectivity index (χ1) is 32.6. The van der Waals surface area contributed by atoms with E-state index in [9.17, 15) is 24.6 Å². The van der Waals surface area contributed by atoms with Crippen LogP contribution in [0, 0.1) is 12.3 Å². The molecule has 1 fully saturated rings. The van der Waals surface area contributed by atoms with Gasteiger partial charge in [-0.3, -0.25) is 14.4 Å². The third kappa shape index (κ3) is 13.0. The maximum absolute atomic E-state index is 14.0. The van der Waals surface area contributed by atoms with Crippen molar-refractivity contribution in [1.82, 2.24) is 20.5 Å². The fourth-order valence-electron chi connectivity index (χ4n) is 7.72. The SMILES string of the molecule is Cc1ncoc1-c1ccc([C@H](C)NC(=O)[C@@H]2C[C@@H](O)CN2C(=O)[C@@H](NC(=O)COCCOCCOCCOc2ccc(Oc3c(-c4ccc(Br)cc4)sc4cc(O)ccc34)cc2)C(C)(C)C)cc1. The number of ether oxygens (including phenoxy) is 5. The first-order valence-electron chi connectivity index (χ1n) is 22.4. The van der Waals surface area contributed by atoms with E-state index in [-0.39, 0.29) is 44.6 Å². The molecule has 4 N–H and O–H groups in total. The van der Waals surface area contributed by atoms with E-state index < -0.39 is 41.3 Å². The van der Waals surface area contributed by atoms with Crippen LogP contribution in [0.1, 0.15) is 51.4 Å². The maximum Gasteiger partial charge on any atom is 0.246 e. The number of thiophene rings is 1. The van der Waals surface area contributed by atoms with E-state index in [0.29, 0.717) is 43.7 Å². The molecule has 0 bridgehead atoms. The smallest absolute Gasteiger partial charge is 0.246 e. The number of aromatic hydroxyl groups is 1. The van der Waals surface area contributed by atoms with Crippen molar-refractivity contribution in [2.75, 3.05) is 52.8 Å². The summed E-state index contributed by atoms with van der Waals surface area (Å²) in [6.45, 7) is 10.5. The molecular weight excluding hydrogens is 957 g/mol. The lowest BCUT2D eigenvalue weighted by Crippen LogP contribution is -2.58. The van der Waals surface area contributed by atoms with E-state index in [1.807, 2.05) is 113 Å². The average Bonchev–Trinajstić information content (AvgIpc) is 4.03. The van der Waals surface area contributed by atoms with Gasteiger partial charge in [-0.15, -0.1) is 11.3 Å². The summed E-state index contributed by atoms with van der Waals surface area (Å²) in [5, 5.41) is 27.4. The normalized spacial score (nSPS) is 15.8. The first kappa shape index (κ1) is 50.1. The van der Waals surface area contributed by atoms with Crippen LogP contribution in [-0.4, -0.2) is 109 Å². The van der Waals surface area contributed by atoms with E-state index in [0.717, 1.165) is 47.6 Å². The van der Waals surface area contributed by atoms with Crippen LogP contribution in [0.4, 0.5) is 0 Å². The molecule has 17 heteroatoms. The van der Waals surface area contributed by atoms with Gasteiger partial charge in [0.1, 0.15) is 42.5 Å². The molecule has 68 heavy (non-hydrogen) atoms. The summed E-state index contributed by atoms with van der Waals surface area (Å²) < 4.78 is 36.4. The molecule has 7 rings (SSSR count). The van der Waals surface area contributed by atoms with Crippen LogP contribution >= 0.6 is 27.3 Å². The summed E-state index contributed by atoms with van der Waals surface area (Å²) in [7, 11) is 0. The molecule has 3 heterocycles. The van der Waals surface area contributed by atoms with Crippen molar-refractivity contribution in [3.8, 4) is 44.8 Å². The Morgan fingerprint density at radius 2 is 1.51 bits per heavy atom. The number of halogens is 1. The Morgan fingerprint density at radius 3 is 2.18 bits per heavy atom. The Hall–Kier alpha value is -5.82. The predicted molar refractivity (Wildman–Crippen MR) is 262 cm³/mol. The highest BCUT2D eigenvalue weighted by molar-refractivity contribution is 9.10. The van der Waals surface area contributed by atoms with E-state index >= 15 is 0 Å². The highest BCUT2D eigenvalue weighted by Gasteiger charge is 2.44. The number of nitrogens with one attached hydrogen (secondary N) is 2. The van der Waals surface area contributed by atoms with Gasteiger partial charge in [-0.25, -0.2) is 4.98 Å².